The molecule has 1 amide bonds. The predicted octanol–water partition coefficient (Wildman–Crippen LogP) is 4.37. The van der Waals surface area contributed by atoms with Crippen LogP contribution in [-0.4, -0.2) is 25.7 Å². The standard InChI is InChI=1S/C21H22F3NO4/c1-13(2)20(14-6-7-17-18(10-14)28-9-8-27-17)25-19(26)12-29-16-5-3-4-15(11-16)21(22,23)24/h3-7,10-11,13,20H,8-9,12H2,1-2H3,(H,25,26). The largest absolute Gasteiger partial charge is 0.486 e. The Balaban J connectivity index is 1.65. The first-order chi connectivity index (χ1) is 13.7. The number of rotatable bonds is 6. The van der Waals surface area contributed by atoms with Gasteiger partial charge in [-0.3, -0.25) is 4.79 Å². The van der Waals surface area contributed by atoms with Crippen LogP contribution in [0.25, 0.3) is 0 Å². The van der Waals surface area contributed by atoms with E-state index in [1.54, 1.807) is 6.07 Å². The van der Waals surface area contributed by atoms with Crippen LogP contribution in [0.4, 0.5) is 13.2 Å². The quantitative estimate of drug-likeness (QED) is 0.770. The van der Waals surface area contributed by atoms with Gasteiger partial charge < -0.3 is 19.5 Å². The number of nitrogens with one attached hydrogen (secondary N) is 1. The lowest BCUT2D eigenvalue weighted by atomic mass is 9.95. The van der Waals surface area contributed by atoms with E-state index in [-0.39, 0.29) is 17.7 Å². The van der Waals surface area contributed by atoms with Crippen LogP contribution >= 0.6 is 0 Å². The van der Waals surface area contributed by atoms with Crippen molar-refractivity contribution >= 4 is 5.91 Å². The minimum atomic E-state index is -4.47. The van der Waals surface area contributed by atoms with Gasteiger partial charge in [0.1, 0.15) is 19.0 Å². The molecule has 1 heterocycles. The topological polar surface area (TPSA) is 56.8 Å². The molecule has 0 spiro atoms. The van der Waals surface area contributed by atoms with Crippen molar-refractivity contribution in [2.75, 3.05) is 19.8 Å². The van der Waals surface area contributed by atoms with Crippen molar-refractivity contribution < 1.29 is 32.2 Å². The summed E-state index contributed by atoms with van der Waals surface area (Å²) in [6.45, 7) is 4.46. The Hall–Kier alpha value is -2.90. The summed E-state index contributed by atoms with van der Waals surface area (Å²) in [7, 11) is 0. The van der Waals surface area contributed by atoms with E-state index in [9.17, 15) is 18.0 Å². The molecule has 3 rings (SSSR count). The maximum Gasteiger partial charge on any atom is 0.416 e. The van der Waals surface area contributed by atoms with Gasteiger partial charge in [-0.05, 0) is 41.8 Å². The minimum absolute atomic E-state index is 0.0181. The highest BCUT2D eigenvalue weighted by Gasteiger charge is 2.30. The monoisotopic (exact) mass is 409 g/mol. The molecule has 5 nitrogen and oxygen atoms in total. The molecule has 0 radical (unpaired) electrons. The molecule has 2 aromatic carbocycles. The second-order valence-corrected chi connectivity index (χ2v) is 7.01. The lowest BCUT2D eigenvalue weighted by Gasteiger charge is -2.25. The SMILES string of the molecule is CC(C)C(NC(=O)COc1cccc(C(F)(F)F)c1)c1ccc2c(c1)OCCO2. The average Bonchev–Trinajstić information content (AvgIpc) is 2.69. The molecule has 1 atom stereocenters. The van der Waals surface area contributed by atoms with Crippen LogP contribution < -0.4 is 19.5 Å². The summed E-state index contributed by atoms with van der Waals surface area (Å²) in [5.74, 6) is 0.886. The van der Waals surface area contributed by atoms with Gasteiger partial charge in [0, 0.05) is 0 Å². The Kier molecular flexibility index (Phi) is 6.20. The van der Waals surface area contributed by atoms with Crippen molar-refractivity contribution in [2.24, 2.45) is 5.92 Å². The van der Waals surface area contributed by atoms with Crippen LogP contribution in [0.3, 0.4) is 0 Å². The molecule has 8 heteroatoms. The molecule has 156 valence electrons. The fraction of sp³-hybridized carbons (Fsp3) is 0.381. The Morgan fingerprint density at radius 2 is 1.83 bits per heavy atom. The van der Waals surface area contributed by atoms with Crippen molar-refractivity contribution in [3.8, 4) is 17.2 Å². The van der Waals surface area contributed by atoms with Gasteiger partial charge >= 0.3 is 6.18 Å². The van der Waals surface area contributed by atoms with E-state index in [0.717, 1.165) is 17.7 Å². The highest BCUT2D eigenvalue weighted by Crippen LogP contribution is 2.34. The van der Waals surface area contributed by atoms with Gasteiger partial charge in [0.05, 0.1) is 11.6 Å². The summed E-state index contributed by atoms with van der Waals surface area (Å²) in [4.78, 5) is 12.4. The highest BCUT2D eigenvalue weighted by molar-refractivity contribution is 5.78. The number of alkyl halides is 3. The number of hydrogen-bond donors (Lipinski definition) is 1. The zero-order valence-electron chi connectivity index (χ0n) is 16.1. The molecule has 1 N–H and O–H groups in total. The zero-order chi connectivity index (χ0) is 21.0. The number of fused-ring (bicyclic) bond motifs is 1. The lowest BCUT2D eigenvalue weighted by molar-refractivity contribution is -0.137. The van der Waals surface area contributed by atoms with E-state index in [1.807, 2.05) is 26.0 Å². The Morgan fingerprint density at radius 1 is 1.10 bits per heavy atom. The molecule has 1 unspecified atom stereocenters. The maximum absolute atomic E-state index is 12.8. The molecule has 1 aliphatic heterocycles. The third-order valence-corrected chi connectivity index (χ3v) is 4.44. The molecule has 0 saturated heterocycles. The maximum atomic E-state index is 12.8. The number of carbonyl (C=O) groups is 1. The van der Waals surface area contributed by atoms with Crippen molar-refractivity contribution in [2.45, 2.75) is 26.1 Å². The Bertz CT molecular complexity index is 867. The first-order valence-electron chi connectivity index (χ1n) is 9.23. The number of benzene rings is 2. The second kappa shape index (κ2) is 8.63. The Morgan fingerprint density at radius 3 is 2.52 bits per heavy atom. The third kappa shape index (κ3) is 5.34. The van der Waals surface area contributed by atoms with Gasteiger partial charge in [-0.1, -0.05) is 26.0 Å². The van der Waals surface area contributed by atoms with Crippen LogP contribution in [0, 0.1) is 5.92 Å². The highest BCUT2D eigenvalue weighted by atomic mass is 19.4. The molecule has 0 aromatic heterocycles. The summed E-state index contributed by atoms with van der Waals surface area (Å²) < 4.78 is 54.7. The molecule has 1 aliphatic rings. The van der Waals surface area contributed by atoms with E-state index >= 15 is 0 Å². The van der Waals surface area contributed by atoms with E-state index < -0.39 is 24.3 Å². The molecular formula is C21H22F3NO4. The smallest absolute Gasteiger partial charge is 0.416 e. The van der Waals surface area contributed by atoms with E-state index in [0.29, 0.717) is 24.7 Å². The van der Waals surface area contributed by atoms with Crippen LogP contribution in [0.2, 0.25) is 0 Å². The molecule has 0 saturated carbocycles. The normalized spacial score (nSPS) is 14.4. The fourth-order valence-corrected chi connectivity index (χ4v) is 3.01. The summed E-state index contributed by atoms with van der Waals surface area (Å²) in [5, 5.41) is 2.87. The van der Waals surface area contributed by atoms with E-state index in [1.165, 1.54) is 12.1 Å². The summed E-state index contributed by atoms with van der Waals surface area (Å²) in [6.07, 6.45) is -4.47. The van der Waals surface area contributed by atoms with Crippen LogP contribution in [0.1, 0.15) is 31.0 Å². The number of ether oxygens (including phenoxy) is 3. The zero-order valence-corrected chi connectivity index (χ0v) is 16.1. The second-order valence-electron chi connectivity index (χ2n) is 7.01. The number of halogens is 3. The predicted molar refractivity (Wildman–Crippen MR) is 100 cm³/mol. The fourth-order valence-electron chi connectivity index (χ4n) is 3.01. The molecule has 29 heavy (non-hydrogen) atoms. The number of hydrogen-bond acceptors (Lipinski definition) is 4. The van der Waals surface area contributed by atoms with Crippen molar-refractivity contribution in [1.82, 2.24) is 5.32 Å². The van der Waals surface area contributed by atoms with E-state index in [4.69, 9.17) is 14.2 Å². The average molecular weight is 409 g/mol. The van der Waals surface area contributed by atoms with Crippen molar-refractivity contribution in [3.63, 3.8) is 0 Å². The Labute approximate surface area is 166 Å². The molecule has 0 fully saturated rings. The van der Waals surface area contributed by atoms with Crippen LogP contribution in [0.15, 0.2) is 42.5 Å². The van der Waals surface area contributed by atoms with Crippen LogP contribution in [0.5, 0.6) is 17.2 Å². The minimum Gasteiger partial charge on any atom is -0.486 e. The number of amides is 1. The third-order valence-electron chi connectivity index (χ3n) is 4.44. The van der Waals surface area contributed by atoms with Gasteiger partial charge in [0.15, 0.2) is 18.1 Å². The molecule has 2 aromatic rings. The van der Waals surface area contributed by atoms with Gasteiger partial charge in [0.25, 0.3) is 5.91 Å². The van der Waals surface area contributed by atoms with Gasteiger partial charge in [0.2, 0.25) is 0 Å². The summed E-state index contributed by atoms with van der Waals surface area (Å²) in [6, 6.07) is 9.59. The summed E-state index contributed by atoms with van der Waals surface area (Å²) >= 11 is 0. The first-order valence-corrected chi connectivity index (χ1v) is 9.23. The number of carbonyl (C=O) groups excluding carboxylic acids is 1. The van der Waals surface area contributed by atoms with Crippen LogP contribution in [-0.2, 0) is 11.0 Å². The lowest BCUT2D eigenvalue weighted by Crippen LogP contribution is -2.35. The van der Waals surface area contributed by atoms with Gasteiger partial charge in [-0.25, -0.2) is 0 Å². The molecule has 0 bridgehead atoms. The first kappa shape index (κ1) is 20.8. The van der Waals surface area contributed by atoms with Crippen molar-refractivity contribution in [1.29, 1.82) is 0 Å². The summed E-state index contributed by atoms with van der Waals surface area (Å²) in [5.41, 5.74) is 0.0170. The van der Waals surface area contributed by atoms with Gasteiger partial charge in [-0.15, -0.1) is 0 Å². The molecular weight excluding hydrogens is 387 g/mol. The van der Waals surface area contributed by atoms with E-state index in [2.05, 4.69) is 5.32 Å². The molecule has 0 aliphatic carbocycles. The van der Waals surface area contributed by atoms with Gasteiger partial charge in [-0.2, -0.15) is 13.2 Å². The van der Waals surface area contributed by atoms with Crippen molar-refractivity contribution in [3.05, 3.63) is 53.6 Å².